The molecule has 1 N–H and O–H groups in total. The van der Waals surface area contributed by atoms with Crippen molar-refractivity contribution in [2.45, 2.75) is 32.4 Å². The molecular weight excluding hydrogens is 271 g/mol. The van der Waals surface area contributed by atoms with Crippen LogP contribution in [0.25, 0.3) is 0 Å². The molecule has 1 amide bonds. The number of amides is 1. The average molecular weight is 296 g/mol. The minimum atomic E-state index is -0.275. The largest absolute Gasteiger partial charge is 0.385 e. The van der Waals surface area contributed by atoms with Crippen molar-refractivity contribution in [3.63, 3.8) is 0 Å². The van der Waals surface area contributed by atoms with E-state index in [9.17, 15) is 9.18 Å². The van der Waals surface area contributed by atoms with Crippen molar-refractivity contribution in [3.05, 3.63) is 35.6 Å². The maximum atomic E-state index is 12.9. The number of rotatable bonds is 8. The predicted molar refractivity (Wildman–Crippen MR) is 81.5 cm³/mol. The number of carbonyl (C=O) groups is 1. The molecule has 0 heterocycles. The molecule has 2 atom stereocenters. The monoisotopic (exact) mass is 296 g/mol. The highest BCUT2D eigenvalue weighted by Crippen LogP contribution is 2.13. The lowest BCUT2D eigenvalue weighted by Gasteiger charge is -2.25. The molecule has 1 aromatic carbocycles. The van der Waals surface area contributed by atoms with Crippen molar-refractivity contribution in [2.24, 2.45) is 0 Å². The van der Waals surface area contributed by atoms with E-state index < -0.39 is 0 Å². The maximum absolute atomic E-state index is 12.9. The van der Waals surface area contributed by atoms with E-state index in [1.807, 2.05) is 25.8 Å². The minimum Gasteiger partial charge on any atom is -0.385 e. The Morgan fingerprint density at radius 3 is 2.52 bits per heavy atom. The molecule has 0 aromatic heterocycles. The number of methoxy groups -OCH3 is 1. The van der Waals surface area contributed by atoms with E-state index in [4.69, 9.17) is 4.74 Å². The van der Waals surface area contributed by atoms with Gasteiger partial charge in [0.15, 0.2) is 0 Å². The first-order valence-electron chi connectivity index (χ1n) is 7.20. The highest BCUT2D eigenvalue weighted by molar-refractivity contribution is 5.81. The molecule has 0 aliphatic rings. The lowest BCUT2D eigenvalue weighted by Crippen LogP contribution is -2.44. The Morgan fingerprint density at radius 1 is 1.33 bits per heavy atom. The number of nitrogens with one attached hydrogen (secondary N) is 1. The Morgan fingerprint density at radius 2 is 1.95 bits per heavy atom. The van der Waals surface area contributed by atoms with Crippen molar-refractivity contribution in [1.82, 2.24) is 10.2 Å². The zero-order chi connectivity index (χ0) is 15.8. The molecule has 2 unspecified atom stereocenters. The fraction of sp³-hybridized carbons (Fsp3) is 0.562. The maximum Gasteiger partial charge on any atom is 0.237 e. The van der Waals surface area contributed by atoms with Gasteiger partial charge in [0, 0.05) is 20.3 Å². The molecule has 0 spiro atoms. The summed E-state index contributed by atoms with van der Waals surface area (Å²) in [5.74, 6) is -0.310. The minimum absolute atomic E-state index is 0.0354. The van der Waals surface area contributed by atoms with Gasteiger partial charge in [-0.3, -0.25) is 9.69 Å². The van der Waals surface area contributed by atoms with Crippen LogP contribution in [0.15, 0.2) is 24.3 Å². The molecule has 0 aliphatic heterocycles. The molecule has 1 aromatic rings. The van der Waals surface area contributed by atoms with E-state index in [0.717, 1.165) is 18.5 Å². The van der Waals surface area contributed by atoms with E-state index in [1.165, 1.54) is 12.1 Å². The van der Waals surface area contributed by atoms with Gasteiger partial charge in [-0.05, 0) is 45.0 Å². The van der Waals surface area contributed by atoms with Crippen molar-refractivity contribution in [1.29, 1.82) is 0 Å². The molecular formula is C16H25FN2O2. The fourth-order valence-electron chi connectivity index (χ4n) is 2.02. The van der Waals surface area contributed by atoms with Gasteiger partial charge in [0.25, 0.3) is 0 Å². The van der Waals surface area contributed by atoms with Gasteiger partial charge in [-0.25, -0.2) is 4.39 Å². The average Bonchev–Trinajstić information content (AvgIpc) is 2.47. The molecule has 0 aliphatic carbocycles. The van der Waals surface area contributed by atoms with Crippen LogP contribution in [0.4, 0.5) is 4.39 Å². The smallest absolute Gasteiger partial charge is 0.237 e. The van der Waals surface area contributed by atoms with Gasteiger partial charge in [0.2, 0.25) is 5.91 Å². The third-order valence-corrected chi connectivity index (χ3v) is 3.63. The standard InChI is InChI=1S/C16H25FN2O2/c1-12(14-6-8-15(17)9-7-14)18-16(20)13(2)19(3)10-5-11-21-4/h6-9,12-13H,5,10-11H2,1-4H3,(H,18,20). The normalized spacial score (nSPS) is 14.0. The van der Waals surface area contributed by atoms with E-state index in [2.05, 4.69) is 5.32 Å². The van der Waals surface area contributed by atoms with Gasteiger partial charge in [-0.15, -0.1) is 0 Å². The van der Waals surface area contributed by atoms with E-state index in [-0.39, 0.29) is 23.8 Å². The highest BCUT2D eigenvalue weighted by atomic mass is 19.1. The molecule has 21 heavy (non-hydrogen) atoms. The molecule has 0 saturated carbocycles. The topological polar surface area (TPSA) is 41.6 Å². The first-order chi connectivity index (χ1) is 9.95. The Hall–Kier alpha value is -1.46. The molecule has 0 fully saturated rings. The van der Waals surface area contributed by atoms with Crippen LogP contribution < -0.4 is 5.32 Å². The summed E-state index contributed by atoms with van der Waals surface area (Å²) in [6.45, 7) is 5.25. The Balaban J connectivity index is 2.49. The van der Waals surface area contributed by atoms with Gasteiger partial charge in [-0.1, -0.05) is 12.1 Å². The second-order valence-electron chi connectivity index (χ2n) is 5.28. The SMILES string of the molecule is COCCCN(C)C(C)C(=O)NC(C)c1ccc(F)cc1. The Kier molecular flexibility index (Phi) is 7.32. The first kappa shape index (κ1) is 17.6. The summed E-state index contributed by atoms with van der Waals surface area (Å²) < 4.78 is 17.9. The summed E-state index contributed by atoms with van der Waals surface area (Å²) >= 11 is 0. The van der Waals surface area contributed by atoms with Crippen LogP contribution in [0.3, 0.4) is 0 Å². The second kappa shape index (κ2) is 8.74. The van der Waals surface area contributed by atoms with Gasteiger partial charge in [0.05, 0.1) is 12.1 Å². The third kappa shape index (κ3) is 5.81. The van der Waals surface area contributed by atoms with Crippen LogP contribution in [0.1, 0.15) is 31.9 Å². The summed E-state index contributed by atoms with van der Waals surface area (Å²) in [5, 5.41) is 2.95. The quantitative estimate of drug-likeness (QED) is 0.749. The molecule has 0 radical (unpaired) electrons. The van der Waals surface area contributed by atoms with Gasteiger partial charge >= 0.3 is 0 Å². The number of likely N-dealkylation sites (N-methyl/N-ethyl adjacent to an activating group) is 1. The summed E-state index contributed by atoms with van der Waals surface area (Å²) in [6.07, 6.45) is 0.887. The van der Waals surface area contributed by atoms with Crippen molar-refractivity contribution in [2.75, 3.05) is 27.3 Å². The van der Waals surface area contributed by atoms with Crippen molar-refractivity contribution in [3.8, 4) is 0 Å². The van der Waals surface area contributed by atoms with Crippen molar-refractivity contribution >= 4 is 5.91 Å². The summed E-state index contributed by atoms with van der Waals surface area (Å²) in [6, 6.07) is 5.81. The Labute approximate surface area is 126 Å². The van der Waals surface area contributed by atoms with E-state index in [1.54, 1.807) is 19.2 Å². The summed E-state index contributed by atoms with van der Waals surface area (Å²) in [4.78, 5) is 14.2. The van der Waals surface area contributed by atoms with Crippen LogP contribution in [0, 0.1) is 5.82 Å². The number of ether oxygens (including phenoxy) is 1. The molecule has 5 heteroatoms. The molecule has 4 nitrogen and oxygen atoms in total. The number of hydrogen-bond acceptors (Lipinski definition) is 3. The van der Waals surface area contributed by atoms with Crippen LogP contribution >= 0.6 is 0 Å². The first-order valence-corrected chi connectivity index (χ1v) is 7.20. The number of hydrogen-bond donors (Lipinski definition) is 1. The predicted octanol–water partition coefficient (Wildman–Crippen LogP) is 2.36. The molecule has 0 saturated heterocycles. The Bertz CT molecular complexity index is 436. The number of carbonyl (C=O) groups excluding carboxylic acids is 1. The molecule has 118 valence electrons. The van der Waals surface area contributed by atoms with Gasteiger partial charge < -0.3 is 10.1 Å². The lowest BCUT2D eigenvalue weighted by atomic mass is 10.1. The van der Waals surface area contributed by atoms with Crippen LogP contribution in [0.2, 0.25) is 0 Å². The lowest BCUT2D eigenvalue weighted by molar-refractivity contribution is -0.126. The van der Waals surface area contributed by atoms with Crippen LogP contribution in [0.5, 0.6) is 0 Å². The zero-order valence-electron chi connectivity index (χ0n) is 13.2. The molecule has 0 bridgehead atoms. The highest BCUT2D eigenvalue weighted by Gasteiger charge is 2.19. The second-order valence-corrected chi connectivity index (χ2v) is 5.28. The summed E-state index contributed by atoms with van der Waals surface area (Å²) in [7, 11) is 3.59. The van der Waals surface area contributed by atoms with Crippen LogP contribution in [-0.2, 0) is 9.53 Å². The van der Waals surface area contributed by atoms with Gasteiger partial charge in [0.1, 0.15) is 5.82 Å². The van der Waals surface area contributed by atoms with E-state index in [0.29, 0.717) is 6.61 Å². The van der Waals surface area contributed by atoms with E-state index >= 15 is 0 Å². The van der Waals surface area contributed by atoms with Gasteiger partial charge in [-0.2, -0.15) is 0 Å². The number of nitrogens with zero attached hydrogens (tertiary/aromatic N) is 1. The molecule has 1 rings (SSSR count). The van der Waals surface area contributed by atoms with Crippen LogP contribution in [-0.4, -0.2) is 44.2 Å². The fourth-order valence-corrected chi connectivity index (χ4v) is 2.02. The van der Waals surface area contributed by atoms with Crippen molar-refractivity contribution < 1.29 is 13.9 Å². The number of halogens is 1. The zero-order valence-corrected chi connectivity index (χ0v) is 13.2. The third-order valence-electron chi connectivity index (χ3n) is 3.63. The number of benzene rings is 1. The summed E-state index contributed by atoms with van der Waals surface area (Å²) in [5.41, 5.74) is 0.888.